The van der Waals surface area contributed by atoms with E-state index in [1.165, 1.54) is 6.07 Å². The molecule has 0 spiro atoms. The molecule has 2 aromatic carbocycles. The summed E-state index contributed by atoms with van der Waals surface area (Å²) in [6.07, 6.45) is 1.64. The van der Waals surface area contributed by atoms with Crippen molar-refractivity contribution < 1.29 is 19.4 Å². The summed E-state index contributed by atoms with van der Waals surface area (Å²) in [5.41, 5.74) is 2.62. The van der Waals surface area contributed by atoms with Crippen LogP contribution in [0, 0.1) is 0 Å². The van der Waals surface area contributed by atoms with E-state index in [1.807, 2.05) is 36.4 Å². The van der Waals surface area contributed by atoms with Gasteiger partial charge in [0.05, 0.1) is 7.11 Å². The monoisotopic (exact) mass is 335 g/mol. The predicted molar refractivity (Wildman–Crippen MR) is 94.0 cm³/mol. The van der Waals surface area contributed by atoms with Gasteiger partial charge in [0.15, 0.2) is 0 Å². The highest BCUT2D eigenvalue weighted by molar-refractivity contribution is 5.92. The fourth-order valence-corrected chi connectivity index (χ4v) is 2.49. The number of benzene rings is 2. The van der Waals surface area contributed by atoms with Gasteiger partial charge in [-0.3, -0.25) is 0 Å². The number of nitrogens with zero attached hydrogens (tertiary/aromatic N) is 1. The van der Waals surface area contributed by atoms with Crippen molar-refractivity contribution in [2.75, 3.05) is 7.11 Å². The minimum Gasteiger partial charge on any atom is -0.488 e. The standard InChI is InChI=1S/C20H17NO4/c1-24-19-16(8-5-11-21-19)15-9-10-17(20(22)23)18(12-15)25-13-14-6-3-2-4-7-14/h2-12H,13H2,1H3,(H,22,23). The molecule has 25 heavy (non-hydrogen) atoms. The molecule has 0 unspecified atom stereocenters. The van der Waals surface area contributed by atoms with E-state index in [9.17, 15) is 9.90 Å². The zero-order chi connectivity index (χ0) is 17.6. The normalized spacial score (nSPS) is 10.3. The van der Waals surface area contributed by atoms with Gasteiger partial charge < -0.3 is 14.6 Å². The number of aromatic carboxylic acids is 1. The van der Waals surface area contributed by atoms with E-state index >= 15 is 0 Å². The van der Waals surface area contributed by atoms with Crippen molar-refractivity contribution in [3.63, 3.8) is 0 Å². The number of pyridine rings is 1. The quantitative estimate of drug-likeness (QED) is 0.736. The molecule has 0 atom stereocenters. The van der Waals surface area contributed by atoms with Crippen LogP contribution in [0.3, 0.4) is 0 Å². The van der Waals surface area contributed by atoms with Crippen LogP contribution in [0.5, 0.6) is 11.6 Å². The highest BCUT2D eigenvalue weighted by atomic mass is 16.5. The van der Waals surface area contributed by atoms with E-state index < -0.39 is 5.97 Å². The number of carboxylic acid groups (broad SMARTS) is 1. The smallest absolute Gasteiger partial charge is 0.339 e. The number of methoxy groups -OCH3 is 1. The molecule has 1 N–H and O–H groups in total. The lowest BCUT2D eigenvalue weighted by molar-refractivity contribution is 0.0692. The highest BCUT2D eigenvalue weighted by Crippen LogP contribution is 2.32. The molecule has 5 nitrogen and oxygen atoms in total. The number of ether oxygens (including phenoxy) is 2. The number of hydrogen-bond donors (Lipinski definition) is 1. The molecule has 1 aromatic heterocycles. The first-order valence-electron chi connectivity index (χ1n) is 7.72. The molecule has 0 fully saturated rings. The second-order valence-corrected chi connectivity index (χ2v) is 5.35. The van der Waals surface area contributed by atoms with Crippen LogP contribution in [-0.4, -0.2) is 23.2 Å². The van der Waals surface area contributed by atoms with Crippen LogP contribution in [0.1, 0.15) is 15.9 Å². The van der Waals surface area contributed by atoms with Crippen LogP contribution in [0.15, 0.2) is 66.9 Å². The molecule has 5 heteroatoms. The third-order valence-electron chi connectivity index (χ3n) is 3.72. The van der Waals surface area contributed by atoms with Crippen molar-refractivity contribution in [3.8, 4) is 22.8 Å². The first-order chi connectivity index (χ1) is 12.2. The molecular weight excluding hydrogens is 318 g/mol. The average molecular weight is 335 g/mol. The summed E-state index contributed by atoms with van der Waals surface area (Å²) < 4.78 is 11.1. The Balaban J connectivity index is 1.96. The summed E-state index contributed by atoms with van der Waals surface area (Å²) in [5, 5.41) is 9.41. The Morgan fingerprint density at radius 1 is 1.08 bits per heavy atom. The molecule has 0 saturated carbocycles. The maximum Gasteiger partial charge on any atom is 0.339 e. The van der Waals surface area contributed by atoms with Crippen molar-refractivity contribution in [2.45, 2.75) is 6.61 Å². The number of hydrogen-bond acceptors (Lipinski definition) is 4. The lowest BCUT2D eigenvalue weighted by atomic mass is 10.0. The van der Waals surface area contributed by atoms with E-state index in [0.717, 1.165) is 16.7 Å². The van der Waals surface area contributed by atoms with E-state index in [2.05, 4.69) is 4.98 Å². The van der Waals surface area contributed by atoms with Gasteiger partial charge in [0, 0.05) is 11.8 Å². The topological polar surface area (TPSA) is 68.7 Å². The Labute approximate surface area is 145 Å². The third kappa shape index (κ3) is 3.77. The minimum atomic E-state index is -1.03. The van der Waals surface area contributed by atoms with Crippen molar-refractivity contribution in [1.82, 2.24) is 4.98 Å². The SMILES string of the molecule is COc1ncccc1-c1ccc(C(=O)O)c(OCc2ccccc2)c1. The van der Waals surface area contributed by atoms with Gasteiger partial charge in [0.2, 0.25) is 5.88 Å². The Kier molecular flexibility index (Phi) is 4.95. The Morgan fingerprint density at radius 2 is 1.88 bits per heavy atom. The van der Waals surface area contributed by atoms with Gasteiger partial charge in [-0.25, -0.2) is 9.78 Å². The summed E-state index contributed by atoms with van der Waals surface area (Å²) in [6, 6.07) is 18.2. The molecule has 0 saturated heterocycles. The maximum atomic E-state index is 11.5. The van der Waals surface area contributed by atoms with Crippen molar-refractivity contribution in [2.24, 2.45) is 0 Å². The summed E-state index contributed by atoms with van der Waals surface area (Å²) in [5.74, 6) is -0.257. The molecule has 3 aromatic rings. The van der Waals surface area contributed by atoms with Crippen LogP contribution < -0.4 is 9.47 Å². The van der Waals surface area contributed by atoms with Gasteiger partial charge in [-0.05, 0) is 35.4 Å². The first kappa shape index (κ1) is 16.5. The lowest BCUT2D eigenvalue weighted by Crippen LogP contribution is -2.04. The van der Waals surface area contributed by atoms with Gasteiger partial charge >= 0.3 is 5.97 Å². The maximum absolute atomic E-state index is 11.5. The Hall–Kier alpha value is -3.34. The van der Waals surface area contributed by atoms with Crippen molar-refractivity contribution in [1.29, 1.82) is 0 Å². The van der Waals surface area contributed by atoms with Gasteiger partial charge in [-0.15, -0.1) is 0 Å². The number of aromatic nitrogens is 1. The van der Waals surface area contributed by atoms with Crippen LogP contribution in [0.2, 0.25) is 0 Å². The summed E-state index contributed by atoms with van der Waals surface area (Å²) in [7, 11) is 1.55. The second-order valence-electron chi connectivity index (χ2n) is 5.35. The van der Waals surface area contributed by atoms with Gasteiger partial charge in [0.25, 0.3) is 0 Å². The molecule has 0 aliphatic rings. The zero-order valence-corrected chi connectivity index (χ0v) is 13.7. The minimum absolute atomic E-state index is 0.113. The number of carbonyl (C=O) groups is 1. The zero-order valence-electron chi connectivity index (χ0n) is 13.7. The van der Waals surface area contributed by atoms with Crippen LogP contribution in [-0.2, 0) is 6.61 Å². The largest absolute Gasteiger partial charge is 0.488 e. The van der Waals surface area contributed by atoms with Crippen LogP contribution in [0.25, 0.3) is 11.1 Å². The molecule has 0 radical (unpaired) electrons. The fraction of sp³-hybridized carbons (Fsp3) is 0.100. The molecule has 0 aliphatic heterocycles. The summed E-state index contributed by atoms with van der Waals surface area (Å²) >= 11 is 0. The van der Waals surface area contributed by atoms with Crippen molar-refractivity contribution >= 4 is 5.97 Å². The third-order valence-corrected chi connectivity index (χ3v) is 3.72. The van der Waals surface area contributed by atoms with Gasteiger partial charge in [0.1, 0.15) is 17.9 Å². The van der Waals surface area contributed by atoms with Gasteiger partial charge in [-0.2, -0.15) is 0 Å². The highest BCUT2D eigenvalue weighted by Gasteiger charge is 2.15. The lowest BCUT2D eigenvalue weighted by Gasteiger charge is -2.12. The average Bonchev–Trinajstić information content (AvgIpc) is 2.66. The molecule has 0 amide bonds. The molecule has 1 heterocycles. The van der Waals surface area contributed by atoms with E-state index in [0.29, 0.717) is 11.6 Å². The molecule has 126 valence electrons. The summed E-state index contributed by atoms with van der Waals surface area (Å²) in [6.45, 7) is 0.286. The first-order valence-corrected chi connectivity index (χ1v) is 7.72. The molecular formula is C20H17NO4. The predicted octanol–water partition coefficient (Wildman–Crippen LogP) is 4.03. The van der Waals surface area contributed by atoms with E-state index in [4.69, 9.17) is 9.47 Å². The fourth-order valence-electron chi connectivity index (χ4n) is 2.49. The molecule has 3 rings (SSSR count). The van der Waals surface area contributed by atoms with E-state index in [1.54, 1.807) is 31.5 Å². The van der Waals surface area contributed by atoms with Gasteiger partial charge in [-0.1, -0.05) is 36.4 Å². The molecule has 0 bridgehead atoms. The second kappa shape index (κ2) is 7.49. The van der Waals surface area contributed by atoms with Crippen LogP contribution >= 0.6 is 0 Å². The van der Waals surface area contributed by atoms with Crippen LogP contribution in [0.4, 0.5) is 0 Å². The number of rotatable bonds is 6. The Morgan fingerprint density at radius 3 is 2.60 bits per heavy atom. The van der Waals surface area contributed by atoms with E-state index in [-0.39, 0.29) is 12.2 Å². The molecule has 0 aliphatic carbocycles. The Bertz CT molecular complexity index is 878. The summed E-state index contributed by atoms with van der Waals surface area (Å²) in [4.78, 5) is 15.7. The number of carboxylic acids is 1. The van der Waals surface area contributed by atoms with Crippen molar-refractivity contribution in [3.05, 3.63) is 78.0 Å².